The Bertz CT molecular complexity index is 632. The maximum Gasteiger partial charge on any atom is 0.0540 e. The molecule has 20 heavy (non-hydrogen) atoms. The van der Waals surface area contributed by atoms with E-state index < -0.39 is 0 Å². The predicted octanol–water partition coefficient (Wildman–Crippen LogP) is 4.39. The molecule has 0 fully saturated rings. The zero-order valence-corrected chi connectivity index (χ0v) is 13.4. The second-order valence-electron chi connectivity index (χ2n) is 4.59. The molecule has 0 spiro atoms. The summed E-state index contributed by atoms with van der Waals surface area (Å²) in [6.07, 6.45) is 0.541. The molecular weight excluding hydrogens is 284 g/mol. The highest BCUT2D eigenvalue weighted by Gasteiger charge is 2.05. The van der Waals surface area contributed by atoms with Gasteiger partial charge in [-0.1, -0.05) is 29.5 Å². The van der Waals surface area contributed by atoms with Crippen LogP contribution in [0.1, 0.15) is 28.0 Å². The molecule has 0 radical (unpaired) electrons. The summed E-state index contributed by atoms with van der Waals surface area (Å²) >= 11 is 3.61. The molecule has 104 valence electrons. The van der Waals surface area contributed by atoms with Crippen molar-refractivity contribution in [3.8, 4) is 11.8 Å². The van der Waals surface area contributed by atoms with Gasteiger partial charge in [0, 0.05) is 27.5 Å². The third kappa shape index (κ3) is 4.14. The van der Waals surface area contributed by atoms with Gasteiger partial charge in [-0.15, -0.1) is 23.1 Å². The highest BCUT2D eigenvalue weighted by molar-refractivity contribution is 7.98. The van der Waals surface area contributed by atoms with Gasteiger partial charge in [-0.25, -0.2) is 0 Å². The molecule has 0 saturated heterocycles. The molecule has 1 nitrogen and oxygen atoms in total. The lowest BCUT2D eigenvalue weighted by molar-refractivity contribution is 0.305. The number of thioether (sulfide) groups is 1. The van der Waals surface area contributed by atoms with Crippen LogP contribution in [0.25, 0.3) is 0 Å². The molecule has 0 atom stereocenters. The molecule has 0 unspecified atom stereocenters. The molecule has 0 bridgehead atoms. The molecule has 2 aromatic rings. The maximum atomic E-state index is 8.77. The molecular formula is C17H18OS2. The Hall–Kier alpha value is -1.21. The van der Waals surface area contributed by atoms with Crippen molar-refractivity contribution in [3.05, 3.63) is 51.2 Å². The quantitative estimate of drug-likeness (QED) is 0.667. The van der Waals surface area contributed by atoms with E-state index in [2.05, 4.69) is 55.3 Å². The summed E-state index contributed by atoms with van der Waals surface area (Å²) in [5.74, 6) is 7.08. The molecule has 0 aliphatic rings. The number of aliphatic hydroxyl groups is 1. The van der Waals surface area contributed by atoms with Crippen molar-refractivity contribution in [1.29, 1.82) is 0 Å². The van der Waals surface area contributed by atoms with Crippen LogP contribution in [0.15, 0.2) is 34.5 Å². The Morgan fingerprint density at radius 1 is 1.25 bits per heavy atom. The first-order valence-electron chi connectivity index (χ1n) is 6.57. The van der Waals surface area contributed by atoms with E-state index in [1.807, 2.05) is 11.8 Å². The molecule has 0 aliphatic carbocycles. The van der Waals surface area contributed by atoms with Gasteiger partial charge >= 0.3 is 0 Å². The molecule has 1 N–H and O–H groups in total. The fourth-order valence-electron chi connectivity index (χ4n) is 1.88. The summed E-state index contributed by atoms with van der Waals surface area (Å²) in [6, 6.07) is 8.64. The van der Waals surface area contributed by atoms with E-state index in [0.717, 1.165) is 11.3 Å². The van der Waals surface area contributed by atoms with E-state index in [0.29, 0.717) is 6.42 Å². The maximum absolute atomic E-state index is 8.77. The van der Waals surface area contributed by atoms with Crippen LogP contribution in [0, 0.1) is 25.7 Å². The fraction of sp³-hybridized carbons (Fsp3) is 0.294. The van der Waals surface area contributed by atoms with Crippen molar-refractivity contribution < 1.29 is 5.11 Å². The van der Waals surface area contributed by atoms with Crippen molar-refractivity contribution in [2.45, 2.75) is 30.9 Å². The van der Waals surface area contributed by atoms with Crippen LogP contribution >= 0.6 is 23.1 Å². The number of aliphatic hydroxyl groups excluding tert-OH is 1. The Morgan fingerprint density at radius 3 is 2.85 bits per heavy atom. The number of aryl methyl sites for hydroxylation is 2. The molecule has 2 rings (SSSR count). The van der Waals surface area contributed by atoms with E-state index in [1.165, 1.54) is 20.9 Å². The van der Waals surface area contributed by atoms with Gasteiger partial charge in [-0.2, -0.15) is 0 Å². The predicted molar refractivity (Wildman–Crippen MR) is 88.4 cm³/mol. The highest BCUT2D eigenvalue weighted by Crippen LogP contribution is 2.29. The van der Waals surface area contributed by atoms with E-state index in [4.69, 9.17) is 5.11 Å². The van der Waals surface area contributed by atoms with Gasteiger partial charge in [-0.05, 0) is 36.9 Å². The van der Waals surface area contributed by atoms with Gasteiger partial charge in [0.1, 0.15) is 0 Å². The van der Waals surface area contributed by atoms with Gasteiger partial charge in [-0.3, -0.25) is 0 Å². The molecule has 0 amide bonds. The number of thiophene rings is 1. The molecule has 0 saturated carbocycles. The lowest BCUT2D eigenvalue weighted by atomic mass is 10.2. The second-order valence-corrected chi connectivity index (χ2v) is 6.61. The van der Waals surface area contributed by atoms with Gasteiger partial charge in [0.15, 0.2) is 0 Å². The van der Waals surface area contributed by atoms with Gasteiger partial charge in [0.2, 0.25) is 0 Å². The third-order valence-electron chi connectivity index (χ3n) is 2.89. The van der Waals surface area contributed by atoms with Crippen LogP contribution in [0.3, 0.4) is 0 Å². The van der Waals surface area contributed by atoms with Gasteiger partial charge < -0.3 is 5.11 Å². The molecule has 1 heterocycles. The minimum absolute atomic E-state index is 0.129. The van der Waals surface area contributed by atoms with Crippen LogP contribution in [-0.4, -0.2) is 11.7 Å². The Labute approximate surface area is 129 Å². The van der Waals surface area contributed by atoms with Crippen molar-refractivity contribution in [1.82, 2.24) is 0 Å². The van der Waals surface area contributed by atoms with Crippen LogP contribution < -0.4 is 0 Å². The first kappa shape index (κ1) is 15.2. The van der Waals surface area contributed by atoms with Crippen molar-refractivity contribution in [2.75, 3.05) is 6.61 Å². The zero-order chi connectivity index (χ0) is 14.4. The number of hydrogen-bond donors (Lipinski definition) is 1. The number of benzene rings is 1. The summed E-state index contributed by atoms with van der Waals surface area (Å²) < 4.78 is 0. The summed E-state index contributed by atoms with van der Waals surface area (Å²) in [7, 11) is 0. The van der Waals surface area contributed by atoms with Crippen molar-refractivity contribution >= 4 is 23.1 Å². The smallest absolute Gasteiger partial charge is 0.0540 e. The lowest BCUT2D eigenvalue weighted by Crippen LogP contribution is -1.84. The fourth-order valence-corrected chi connectivity index (χ4v) is 3.84. The Balaban J connectivity index is 2.04. The molecule has 3 heteroatoms. The van der Waals surface area contributed by atoms with Crippen molar-refractivity contribution in [3.63, 3.8) is 0 Å². The molecule has 1 aromatic carbocycles. The summed E-state index contributed by atoms with van der Waals surface area (Å²) in [5.41, 5.74) is 3.73. The standard InChI is InChI=1S/C17H18OS2/c1-13-6-7-16(14(2)11-13)20-12-17-15(8-10-19-17)5-3-4-9-18/h6-8,10-11,18H,4,9,12H2,1-2H3. The normalized spacial score (nSPS) is 10.2. The lowest BCUT2D eigenvalue weighted by Gasteiger charge is -2.06. The Morgan fingerprint density at radius 2 is 2.10 bits per heavy atom. The first-order valence-corrected chi connectivity index (χ1v) is 8.43. The average Bonchev–Trinajstić information content (AvgIpc) is 2.86. The molecule has 0 aliphatic heterocycles. The largest absolute Gasteiger partial charge is 0.395 e. The minimum Gasteiger partial charge on any atom is -0.395 e. The van der Waals surface area contributed by atoms with Crippen molar-refractivity contribution in [2.24, 2.45) is 0 Å². The van der Waals surface area contributed by atoms with Crippen LogP contribution in [0.2, 0.25) is 0 Å². The third-order valence-corrected chi connectivity index (χ3v) is 5.20. The summed E-state index contributed by atoms with van der Waals surface area (Å²) in [4.78, 5) is 2.64. The highest BCUT2D eigenvalue weighted by atomic mass is 32.2. The number of rotatable bonds is 4. The average molecular weight is 302 g/mol. The number of hydrogen-bond acceptors (Lipinski definition) is 3. The van der Waals surface area contributed by atoms with E-state index in [-0.39, 0.29) is 6.61 Å². The van der Waals surface area contributed by atoms with Crippen LogP contribution in [0.5, 0.6) is 0 Å². The first-order chi connectivity index (χ1) is 9.70. The SMILES string of the molecule is Cc1ccc(SCc2sccc2C#CCCO)c(C)c1. The monoisotopic (exact) mass is 302 g/mol. The summed E-state index contributed by atoms with van der Waals surface area (Å²) in [5, 5.41) is 10.8. The van der Waals surface area contributed by atoms with Crippen LogP contribution in [0.4, 0.5) is 0 Å². The van der Waals surface area contributed by atoms with Gasteiger partial charge in [0.05, 0.1) is 6.61 Å². The van der Waals surface area contributed by atoms with E-state index in [9.17, 15) is 0 Å². The Kier molecular flexibility index (Phi) is 5.72. The van der Waals surface area contributed by atoms with Crippen LogP contribution in [-0.2, 0) is 5.75 Å². The topological polar surface area (TPSA) is 20.2 Å². The van der Waals surface area contributed by atoms with E-state index in [1.54, 1.807) is 11.3 Å². The summed E-state index contributed by atoms with van der Waals surface area (Å²) in [6.45, 7) is 4.41. The zero-order valence-electron chi connectivity index (χ0n) is 11.8. The van der Waals surface area contributed by atoms with E-state index >= 15 is 0 Å². The minimum atomic E-state index is 0.129. The molecule has 1 aromatic heterocycles. The second kappa shape index (κ2) is 7.54. The van der Waals surface area contributed by atoms with Gasteiger partial charge in [0.25, 0.3) is 0 Å².